The summed E-state index contributed by atoms with van der Waals surface area (Å²) in [6, 6.07) is 20.4. The number of fused-ring (bicyclic) bond motifs is 1. The predicted octanol–water partition coefficient (Wildman–Crippen LogP) is 5.13. The van der Waals surface area contributed by atoms with Crippen molar-refractivity contribution >= 4 is 16.8 Å². The summed E-state index contributed by atoms with van der Waals surface area (Å²) in [5.41, 5.74) is 4.01. The number of hydrogen-bond acceptors (Lipinski definition) is 4. The van der Waals surface area contributed by atoms with Gasteiger partial charge >= 0.3 is 0 Å². The van der Waals surface area contributed by atoms with Crippen molar-refractivity contribution in [1.82, 2.24) is 9.88 Å². The van der Waals surface area contributed by atoms with Crippen LogP contribution in [-0.4, -0.2) is 45.0 Å². The molecule has 188 valence electrons. The first-order valence-corrected chi connectivity index (χ1v) is 11.8. The lowest BCUT2D eigenvalue weighted by molar-refractivity contribution is -0.121. The number of ether oxygens (including phenoxy) is 3. The van der Waals surface area contributed by atoms with Crippen LogP contribution in [-0.2, 0) is 16.1 Å². The first kappa shape index (κ1) is 25.3. The third-order valence-corrected chi connectivity index (χ3v) is 6.29. The minimum absolute atomic E-state index is 0.0674. The normalized spacial score (nSPS) is 11.9. The monoisotopic (exact) mass is 490 g/mol. The molecule has 0 fully saturated rings. The Morgan fingerprint density at radius 2 is 1.72 bits per heavy atom. The van der Waals surface area contributed by atoms with Crippen LogP contribution in [0.5, 0.6) is 11.5 Å². The lowest BCUT2D eigenvalue weighted by atomic mass is 9.87. The number of aromatic nitrogens is 1. The van der Waals surface area contributed by atoms with Crippen LogP contribution in [0.3, 0.4) is 0 Å². The fourth-order valence-electron chi connectivity index (χ4n) is 4.50. The molecule has 1 heterocycles. The van der Waals surface area contributed by atoms with Crippen molar-refractivity contribution in [2.24, 2.45) is 0 Å². The SMILES string of the molecule is COCCNC(=O)CC(c1ccc(OC)c(OC)c1)c1cn(Cc2ccc(F)cc2)c2ccccc12. The summed E-state index contributed by atoms with van der Waals surface area (Å²) in [5, 5.41) is 4.00. The van der Waals surface area contributed by atoms with Gasteiger partial charge in [-0.1, -0.05) is 36.4 Å². The molecule has 4 aromatic rings. The molecule has 0 aliphatic heterocycles. The van der Waals surface area contributed by atoms with Crippen molar-refractivity contribution < 1.29 is 23.4 Å². The van der Waals surface area contributed by atoms with Gasteiger partial charge in [-0.2, -0.15) is 0 Å². The number of rotatable bonds is 11. The van der Waals surface area contributed by atoms with Gasteiger partial charge in [0.25, 0.3) is 0 Å². The summed E-state index contributed by atoms with van der Waals surface area (Å²) in [6.07, 6.45) is 2.35. The fourth-order valence-corrected chi connectivity index (χ4v) is 4.50. The van der Waals surface area contributed by atoms with E-state index in [-0.39, 0.29) is 24.1 Å². The summed E-state index contributed by atoms with van der Waals surface area (Å²) in [7, 11) is 4.80. The van der Waals surface area contributed by atoms with Gasteiger partial charge in [-0.15, -0.1) is 0 Å². The van der Waals surface area contributed by atoms with Gasteiger partial charge in [0.05, 0.1) is 20.8 Å². The molecule has 0 aliphatic carbocycles. The first-order valence-electron chi connectivity index (χ1n) is 11.8. The summed E-state index contributed by atoms with van der Waals surface area (Å²) >= 11 is 0. The van der Waals surface area contributed by atoms with Gasteiger partial charge in [-0.25, -0.2) is 4.39 Å². The van der Waals surface area contributed by atoms with Crippen LogP contribution < -0.4 is 14.8 Å². The Morgan fingerprint density at radius 1 is 0.972 bits per heavy atom. The lowest BCUT2D eigenvalue weighted by Crippen LogP contribution is -2.28. The number of amides is 1. The van der Waals surface area contributed by atoms with E-state index in [1.165, 1.54) is 12.1 Å². The van der Waals surface area contributed by atoms with Gasteiger partial charge in [-0.3, -0.25) is 4.79 Å². The van der Waals surface area contributed by atoms with Crippen molar-refractivity contribution in [1.29, 1.82) is 0 Å². The van der Waals surface area contributed by atoms with E-state index in [0.717, 1.165) is 27.6 Å². The Kier molecular flexibility index (Phi) is 8.23. The molecule has 0 saturated heterocycles. The summed E-state index contributed by atoms with van der Waals surface area (Å²) in [6.45, 7) is 1.48. The van der Waals surface area contributed by atoms with Gasteiger partial charge in [0.1, 0.15) is 5.82 Å². The zero-order chi connectivity index (χ0) is 25.5. The van der Waals surface area contributed by atoms with Gasteiger partial charge in [0.2, 0.25) is 5.91 Å². The number of nitrogens with one attached hydrogen (secondary N) is 1. The maximum atomic E-state index is 13.5. The minimum atomic E-state index is -0.259. The largest absolute Gasteiger partial charge is 0.493 e. The van der Waals surface area contributed by atoms with Gasteiger partial charge < -0.3 is 24.1 Å². The maximum Gasteiger partial charge on any atom is 0.221 e. The van der Waals surface area contributed by atoms with Crippen LogP contribution in [0.25, 0.3) is 10.9 Å². The van der Waals surface area contributed by atoms with E-state index < -0.39 is 0 Å². The standard InChI is InChI=1S/C29H31FN2O4/c1-34-15-14-31-29(33)17-24(21-10-13-27(35-2)28(16-21)36-3)25-19-32(26-7-5-4-6-23(25)26)18-20-8-11-22(30)12-9-20/h4-13,16,19,24H,14-15,17-18H2,1-3H3,(H,31,33). The molecule has 0 radical (unpaired) electrons. The van der Waals surface area contributed by atoms with Crippen molar-refractivity contribution in [3.05, 3.63) is 95.4 Å². The van der Waals surface area contributed by atoms with Gasteiger partial charge in [0.15, 0.2) is 11.5 Å². The van der Waals surface area contributed by atoms with Crippen LogP contribution in [0.2, 0.25) is 0 Å². The van der Waals surface area contributed by atoms with Crippen molar-refractivity contribution in [2.45, 2.75) is 18.9 Å². The van der Waals surface area contributed by atoms with Crippen LogP contribution in [0.1, 0.15) is 29.0 Å². The lowest BCUT2D eigenvalue weighted by Gasteiger charge is -2.19. The molecule has 1 N–H and O–H groups in total. The van der Waals surface area contributed by atoms with Crippen molar-refractivity contribution in [3.63, 3.8) is 0 Å². The maximum absolute atomic E-state index is 13.5. The quantitative estimate of drug-likeness (QED) is 0.296. The van der Waals surface area contributed by atoms with Crippen LogP contribution >= 0.6 is 0 Å². The predicted molar refractivity (Wildman–Crippen MR) is 138 cm³/mol. The van der Waals surface area contributed by atoms with Crippen molar-refractivity contribution in [3.8, 4) is 11.5 Å². The molecule has 0 aliphatic rings. The highest BCUT2D eigenvalue weighted by atomic mass is 19.1. The average Bonchev–Trinajstić information content (AvgIpc) is 3.26. The zero-order valence-electron chi connectivity index (χ0n) is 20.8. The molecular weight excluding hydrogens is 459 g/mol. The molecule has 1 unspecified atom stereocenters. The smallest absolute Gasteiger partial charge is 0.221 e. The summed E-state index contributed by atoms with van der Waals surface area (Å²) < 4.78 is 31.6. The number of methoxy groups -OCH3 is 3. The van der Waals surface area contributed by atoms with E-state index in [1.54, 1.807) is 33.5 Å². The van der Waals surface area contributed by atoms with Crippen LogP contribution in [0.4, 0.5) is 4.39 Å². The average molecular weight is 491 g/mol. The molecule has 0 spiro atoms. The molecule has 1 amide bonds. The van der Waals surface area contributed by atoms with E-state index in [9.17, 15) is 9.18 Å². The zero-order valence-corrected chi connectivity index (χ0v) is 20.8. The van der Waals surface area contributed by atoms with Gasteiger partial charge in [0, 0.05) is 49.6 Å². The molecule has 6 nitrogen and oxygen atoms in total. The van der Waals surface area contributed by atoms with E-state index in [4.69, 9.17) is 14.2 Å². The highest BCUT2D eigenvalue weighted by Crippen LogP contribution is 2.38. The summed E-state index contributed by atoms with van der Waals surface area (Å²) in [4.78, 5) is 13.0. The second-order valence-corrected chi connectivity index (χ2v) is 8.57. The molecular formula is C29H31FN2O4. The Labute approximate surface area is 210 Å². The fraction of sp³-hybridized carbons (Fsp3) is 0.276. The first-order chi connectivity index (χ1) is 17.5. The highest BCUT2D eigenvalue weighted by Gasteiger charge is 2.24. The number of carbonyl (C=O) groups excluding carboxylic acids is 1. The second-order valence-electron chi connectivity index (χ2n) is 8.57. The molecule has 0 saturated carbocycles. The van der Waals surface area contributed by atoms with E-state index in [1.807, 2.05) is 30.3 Å². The highest BCUT2D eigenvalue weighted by molar-refractivity contribution is 5.87. The number of hydrogen-bond donors (Lipinski definition) is 1. The number of benzene rings is 3. The number of carbonyl (C=O) groups is 1. The number of para-hydroxylation sites is 1. The molecule has 4 rings (SSSR count). The molecule has 0 bridgehead atoms. The van der Waals surface area contributed by atoms with E-state index in [2.05, 4.69) is 28.2 Å². The van der Waals surface area contributed by atoms with E-state index in [0.29, 0.717) is 31.2 Å². The Bertz CT molecular complexity index is 1320. The third-order valence-electron chi connectivity index (χ3n) is 6.29. The molecule has 36 heavy (non-hydrogen) atoms. The summed E-state index contributed by atoms with van der Waals surface area (Å²) in [5.74, 6) is 0.678. The Balaban J connectivity index is 1.78. The minimum Gasteiger partial charge on any atom is -0.493 e. The van der Waals surface area contributed by atoms with Crippen LogP contribution in [0, 0.1) is 5.82 Å². The van der Waals surface area contributed by atoms with Crippen LogP contribution in [0.15, 0.2) is 72.9 Å². The third kappa shape index (κ3) is 5.69. The molecule has 1 aromatic heterocycles. The Hall–Kier alpha value is -3.84. The Morgan fingerprint density at radius 3 is 2.44 bits per heavy atom. The number of nitrogens with zero attached hydrogens (tertiary/aromatic N) is 1. The van der Waals surface area contributed by atoms with E-state index >= 15 is 0 Å². The molecule has 1 atom stereocenters. The number of halogens is 1. The second kappa shape index (κ2) is 11.7. The topological polar surface area (TPSA) is 61.7 Å². The molecule has 7 heteroatoms. The van der Waals surface area contributed by atoms with Gasteiger partial charge in [-0.05, 0) is 47.0 Å². The molecule has 3 aromatic carbocycles. The van der Waals surface area contributed by atoms with Crippen molar-refractivity contribution in [2.75, 3.05) is 34.5 Å².